The molecule has 13 heavy (non-hydrogen) atoms. The van der Waals surface area contributed by atoms with Gasteiger partial charge in [0.1, 0.15) is 0 Å². The molecule has 0 unspecified atom stereocenters. The number of hydrogen-bond acceptors (Lipinski definition) is 3. The molecule has 0 atom stereocenters. The summed E-state index contributed by atoms with van der Waals surface area (Å²) in [6, 6.07) is 0. The normalized spacial score (nSPS) is 6.92. The predicted molar refractivity (Wildman–Crippen MR) is 52.1 cm³/mol. The van der Waals surface area contributed by atoms with Gasteiger partial charge in [-0.15, -0.1) is 0 Å². The second kappa shape index (κ2) is 38.0. The molecule has 0 fully saturated rings. The summed E-state index contributed by atoms with van der Waals surface area (Å²) in [4.78, 5) is 0. The van der Waals surface area contributed by atoms with Gasteiger partial charge in [-0.25, -0.2) is 0 Å². The fraction of sp³-hybridized carbons (Fsp3) is 1.00. The van der Waals surface area contributed by atoms with Gasteiger partial charge < -0.3 is 15.3 Å². The van der Waals surface area contributed by atoms with E-state index in [-0.39, 0.29) is 38.2 Å². The van der Waals surface area contributed by atoms with Gasteiger partial charge in [0.15, 0.2) is 0 Å². The largest absolute Gasteiger partial charge is 0.396 e. The third kappa shape index (κ3) is 94.9. The zero-order chi connectivity index (χ0) is 10.2. The van der Waals surface area contributed by atoms with Crippen LogP contribution in [-0.4, -0.2) is 35.1 Å². The van der Waals surface area contributed by atoms with Crippen LogP contribution in [0.3, 0.4) is 0 Å². The van der Waals surface area contributed by atoms with Crippen molar-refractivity contribution in [2.45, 2.75) is 40.0 Å². The molecule has 0 heterocycles. The maximum atomic E-state index is 7.88. The third-order valence-corrected chi connectivity index (χ3v) is 0.671. The van der Waals surface area contributed by atoms with Crippen LogP contribution < -0.4 is 0 Å². The van der Waals surface area contributed by atoms with Crippen molar-refractivity contribution in [1.29, 1.82) is 0 Å². The Morgan fingerprint density at radius 3 is 0.692 bits per heavy atom. The fourth-order valence-electron chi connectivity index (χ4n) is 0. The molecule has 0 amide bonds. The summed E-state index contributed by atoms with van der Waals surface area (Å²) in [6.45, 7) is 6.75. The third-order valence-electron chi connectivity index (χ3n) is 0.671. The Morgan fingerprint density at radius 2 is 0.692 bits per heavy atom. The van der Waals surface area contributed by atoms with Crippen LogP contribution >= 0.6 is 0 Å². The molecule has 0 aromatic rings. The monoisotopic (exact) mass is 344 g/mol. The predicted octanol–water partition coefficient (Wildman–Crippen LogP) is 1.17. The minimum absolute atomic E-state index is 0. The molecule has 3 N–H and O–H groups in total. The average molecular weight is 343 g/mol. The topological polar surface area (TPSA) is 60.7 Å². The van der Waals surface area contributed by atoms with Gasteiger partial charge in [0.05, 0.1) is 0 Å². The molecule has 0 rings (SSSR count). The number of rotatable bonds is 3. The molecule has 0 aliphatic carbocycles. The Labute approximate surface area is 113 Å². The van der Waals surface area contributed by atoms with E-state index in [1.165, 1.54) is 0 Å². The molecule has 0 saturated carbocycles. The van der Waals surface area contributed by atoms with Crippen molar-refractivity contribution in [3.63, 3.8) is 0 Å². The van der Waals surface area contributed by atoms with Crippen molar-refractivity contribution in [2.75, 3.05) is 19.8 Å². The summed E-state index contributed by atoms with van der Waals surface area (Å²) in [6.07, 6.45) is 2.62. The SMILES string of the molecule is CCCO.CCCO.CCCO.[Dy]. The van der Waals surface area contributed by atoms with Crippen LogP contribution in [0.4, 0.5) is 0 Å². The van der Waals surface area contributed by atoms with Crippen LogP contribution in [0.5, 0.6) is 0 Å². The van der Waals surface area contributed by atoms with E-state index in [1.807, 2.05) is 20.8 Å². The van der Waals surface area contributed by atoms with Crippen LogP contribution in [0, 0.1) is 38.2 Å². The van der Waals surface area contributed by atoms with Gasteiger partial charge in [-0.2, -0.15) is 0 Å². The van der Waals surface area contributed by atoms with Crippen molar-refractivity contribution < 1.29 is 53.5 Å². The average Bonchev–Trinajstić information content (AvgIpc) is 2.18. The van der Waals surface area contributed by atoms with Crippen LogP contribution in [0.2, 0.25) is 0 Å². The molecule has 0 spiro atoms. The Hall–Kier alpha value is 1.15. The first-order valence-electron chi connectivity index (χ1n) is 4.57. The minimum Gasteiger partial charge on any atom is -0.396 e. The first kappa shape index (κ1) is 23.8. The first-order valence-corrected chi connectivity index (χ1v) is 4.57. The number of aliphatic hydroxyl groups excluding tert-OH is 3. The van der Waals surface area contributed by atoms with Gasteiger partial charge in [0.2, 0.25) is 0 Å². The Kier molecular flexibility index (Phi) is 69.4. The minimum atomic E-state index is 0. The van der Waals surface area contributed by atoms with Crippen molar-refractivity contribution in [1.82, 2.24) is 0 Å². The van der Waals surface area contributed by atoms with E-state index in [4.69, 9.17) is 15.3 Å². The van der Waals surface area contributed by atoms with Gasteiger partial charge in [-0.05, 0) is 19.3 Å². The van der Waals surface area contributed by atoms with E-state index < -0.39 is 0 Å². The molecule has 4 heteroatoms. The van der Waals surface area contributed by atoms with Crippen molar-refractivity contribution in [2.24, 2.45) is 0 Å². The second-order valence-electron chi connectivity index (χ2n) is 2.17. The summed E-state index contributed by atoms with van der Waals surface area (Å²) in [5.74, 6) is 0. The molecule has 0 aliphatic heterocycles. The van der Waals surface area contributed by atoms with E-state index in [0.717, 1.165) is 19.3 Å². The summed E-state index contributed by atoms with van der Waals surface area (Å²) < 4.78 is 0. The molecule has 0 aromatic carbocycles. The molecule has 88 valence electrons. The van der Waals surface area contributed by atoms with Gasteiger partial charge in [-0.3, -0.25) is 0 Å². The first-order chi connectivity index (χ1) is 5.74. The van der Waals surface area contributed by atoms with E-state index in [1.54, 1.807) is 0 Å². The Morgan fingerprint density at radius 1 is 0.615 bits per heavy atom. The smallest absolute Gasteiger partial charge is 0.0428 e. The van der Waals surface area contributed by atoms with Gasteiger partial charge >= 0.3 is 0 Å². The van der Waals surface area contributed by atoms with E-state index in [2.05, 4.69) is 0 Å². The summed E-state index contributed by atoms with van der Waals surface area (Å²) in [5.41, 5.74) is 0. The van der Waals surface area contributed by atoms with Crippen LogP contribution in [0.15, 0.2) is 0 Å². The van der Waals surface area contributed by atoms with Crippen molar-refractivity contribution in [3.05, 3.63) is 0 Å². The Balaban J connectivity index is -0.0000000450. The Bertz CT molecular complexity index is 30.3. The zero-order valence-corrected chi connectivity index (χ0v) is 10.9. The zero-order valence-electron chi connectivity index (χ0n) is 8.90. The number of hydrogen-bond donors (Lipinski definition) is 3. The van der Waals surface area contributed by atoms with E-state index >= 15 is 0 Å². The second-order valence-corrected chi connectivity index (χ2v) is 2.17. The standard InChI is InChI=1S/3C3H8O.Dy/c3*1-2-3-4;/h3*4H,2-3H2,1H3;. The quantitative estimate of drug-likeness (QED) is 0.721. The summed E-state index contributed by atoms with van der Waals surface area (Å²) >= 11 is 0. The molecule has 0 saturated heterocycles. The van der Waals surface area contributed by atoms with Gasteiger partial charge in [0.25, 0.3) is 0 Å². The van der Waals surface area contributed by atoms with Crippen LogP contribution in [-0.2, 0) is 0 Å². The van der Waals surface area contributed by atoms with Gasteiger partial charge in [0, 0.05) is 58.0 Å². The fourth-order valence-corrected chi connectivity index (χ4v) is 0. The van der Waals surface area contributed by atoms with Crippen molar-refractivity contribution in [3.8, 4) is 0 Å². The molecule has 3 nitrogen and oxygen atoms in total. The molecule has 0 radical (unpaired) electrons. The molecule has 0 aromatic heterocycles. The van der Waals surface area contributed by atoms with Crippen LogP contribution in [0.25, 0.3) is 0 Å². The van der Waals surface area contributed by atoms with Gasteiger partial charge in [-0.1, -0.05) is 20.8 Å². The summed E-state index contributed by atoms with van der Waals surface area (Å²) in [5, 5.41) is 23.6. The number of aliphatic hydroxyl groups is 3. The molecule has 0 bridgehead atoms. The van der Waals surface area contributed by atoms with E-state index in [9.17, 15) is 0 Å². The van der Waals surface area contributed by atoms with E-state index in [0.29, 0.717) is 19.8 Å². The summed E-state index contributed by atoms with van der Waals surface area (Å²) in [7, 11) is 0. The molecular weight excluding hydrogens is 319 g/mol. The van der Waals surface area contributed by atoms with Crippen LogP contribution in [0.1, 0.15) is 40.0 Å². The van der Waals surface area contributed by atoms with Crippen molar-refractivity contribution >= 4 is 0 Å². The maximum absolute atomic E-state index is 7.88. The maximum Gasteiger partial charge on any atom is 0.0428 e. The molecule has 0 aliphatic rings. The molecular formula is C9H24DyO3.